The number of halogens is 1. The fraction of sp³-hybridized carbons (Fsp3) is 0.500. The zero-order chi connectivity index (χ0) is 10.7. The van der Waals surface area contributed by atoms with Crippen molar-refractivity contribution in [2.24, 2.45) is 5.92 Å². The van der Waals surface area contributed by atoms with Gasteiger partial charge in [0.1, 0.15) is 5.75 Å². The lowest BCUT2D eigenvalue weighted by Crippen LogP contribution is -2.28. The molecule has 0 amide bonds. The maximum atomic E-state index is 9.72. The summed E-state index contributed by atoms with van der Waals surface area (Å²) in [6.45, 7) is 2.19. The van der Waals surface area contributed by atoms with Crippen LogP contribution >= 0.6 is 11.6 Å². The number of piperidine rings is 1. The summed E-state index contributed by atoms with van der Waals surface area (Å²) >= 11 is 5.79. The monoisotopic (exact) mass is 225 g/mol. The first-order valence-corrected chi connectivity index (χ1v) is 5.81. The predicted octanol–water partition coefficient (Wildman–Crippen LogP) is 2.59. The molecule has 1 saturated heterocycles. The lowest BCUT2D eigenvalue weighted by molar-refractivity contribution is 0.366. The normalized spacial score (nSPS) is 17.9. The van der Waals surface area contributed by atoms with E-state index in [1.54, 1.807) is 6.07 Å². The third kappa shape index (κ3) is 2.86. The van der Waals surface area contributed by atoms with Crippen LogP contribution < -0.4 is 5.32 Å². The standard InChI is InChI=1S/C12H16ClNO/c13-11-2-1-10(12(15)8-11)7-9-3-5-14-6-4-9/h1-2,8-9,14-15H,3-7H2. The number of nitrogens with one attached hydrogen (secondary N) is 1. The zero-order valence-corrected chi connectivity index (χ0v) is 9.43. The van der Waals surface area contributed by atoms with Crippen molar-refractivity contribution in [3.8, 4) is 5.75 Å². The second-order valence-electron chi connectivity index (χ2n) is 4.17. The van der Waals surface area contributed by atoms with Crippen LogP contribution in [0.5, 0.6) is 5.75 Å². The lowest BCUT2D eigenvalue weighted by atomic mass is 9.91. The Balaban J connectivity index is 2.03. The summed E-state index contributed by atoms with van der Waals surface area (Å²) < 4.78 is 0. The van der Waals surface area contributed by atoms with Gasteiger partial charge in [0.15, 0.2) is 0 Å². The summed E-state index contributed by atoms with van der Waals surface area (Å²) in [6, 6.07) is 5.40. The summed E-state index contributed by atoms with van der Waals surface area (Å²) in [7, 11) is 0. The van der Waals surface area contributed by atoms with E-state index < -0.39 is 0 Å². The van der Waals surface area contributed by atoms with E-state index in [0.29, 0.717) is 16.7 Å². The van der Waals surface area contributed by atoms with Gasteiger partial charge in [0.05, 0.1) is 0 Å². The van der Waals surface area contributed by atoms with Crippen LogP contribution in [-0.4, -0.2) is 18.2 Å². The summed E-state index contributed by atoms with van der Waals surface area (Å²) in [5, 5.41) is 13.7. The van der Waals surface area contributed by atoms with Crippen LogP contribution in [0.2, 0.25) is 5.02 Å². The van der Waals surface area contributed by atoms with Gasteiger partial charge in [-0.15, -0.1) is 0 Å². The van der Waals surface area contributed by atoms with Crippen LogP contribution in [0, 0.1) is 5.92 Å². The van der Waals surface area contributed by atoms with E-state index >= 15 is 0 Å². The summed E-state index contributed by atoms with van der Waals surface area (Å²) in [5.41, 5.74) is 1.02. The minimum atomic E-state index is 0.334. The van der Waals surface area contributed by atoms with E-state index in [0.717, 1.165) is 25.1 Å². The van der Waals surface area contributed by atoms with E-state index in [2.05, 4.69) is 5.32 Å². The van der Waals surface area contributed by atoms with Gasteiger partial charge in [-0.05, 0) is 56.0 Å². The molecule has 1 fully saturated rings. The smallest absolute Gasteiger partial charge is 0.120 e. The number of aromatic hydroxyl groups is 1. The van der Waals surface area contributed by atoms with Crippen molar-refractivity contribution in [1.29, 1.82) is 0 Å². The molecule has 2 N–H and O–H groups in total. The topological polar surface area (TPSA) is 32.3 Å². The first-order chi connectivity index (χ1) is 7.25. The second-order valence-corrected chi connectivity index (χ2v) is 4.61. The highest BCUT2D eigenvalue weighted by molar-refractivity contribution is 6.30. The number of hydrogen-bond acceptors (Lipinski definition) is 2. The molecule has 15 heavy (non-hydrogen) atoms. The second kappa shape index (κ2) is 4.86. The predicted molar refractivity (Wildman–Crippen MR) is 62.4 cm³/mol. The van der Waals surface area contributed by atoms with Gasteiger partial charge < -0.3 is 10.4 Å². The molecule has 1 aliphatic rings. The van der Waals surface area contributed by atoms with Crippen LogP contribution in [0.1, 0.15) is 18.4 Å². The summed E-state index contributed by atoms with van der Waals surface area (Å²) in [6.07, 6.45) is 3.36. The molecular formula is C12H16ClNO. The maximum Gasteiger partial charge on any atom is 0.120 e. The largest absolute Gasteiger partial charge is 0.508 e. The SMILES string of the molecule is Oc1cc(Cl)ccc1CC1CCNCC1. The van der Waals surface area contributed by atoms with E-state index in [4.69, 9.17) is 11.6 Å². The Morgan fingerprint density at radius 2 is 2.07 bits per heavy atom. The molecular weight excluding hydrogens is 210 g/mol. The summed E-state index contributed by atoms with van der Waals surface area (Å²) in [4.78, 5) is 0. The van der Waals surface area contributed by atoms with Crippen molar-refractivity contribution in [3.63, 3.8) is 0 Å². The molecule has 0 radical (unpaired) electrons. The van der Waals surface area contributed by atoms with Crippen molar-refractivity contribution >= 4 is 11.6 Å². The average Bonchev–Trinajstić information content (AvgIpc) is 2.24. The molecule has 1 aromatic rings. The fourth-order valence-corrected chi connectivity index (χ4v) is 2.27. The Morgan fingerprint density at radius 1 is 1.33 bits per heavy atom. The molecule has 1 heterocycles. The van der Waals surface area contributed by atoms with Gasteiger partial charge in [-0.3, -0.25) is 0 Å². The molecule has 1 aliphatic heterocycles. The molecule has 0 aromatic heterocycles. The third-order valence-corrected chi connectivity index (χ3v) is 3.25. The quantitative estimate of drug-likeness (QED) is 0.811. The van der Waals surface area contributed by atoms with Gasteiger partial charge in [0, 0.05) is 5.02 Å². The first-order valence-electron chi connectivity index (χ1n) is 5.44. The molecule has 82 valence electrons. The Kier molecular flexibility index (Phi) is 3.49. The van der Waals surface area contributed by atoms with Crippen molar-refractivity contribution in [3.05, 3.63) is 28.8 Å². The molecule has 2 rings (SSSR count). The minimum Gasteiger partial charge on any atom is -0.508 e. The highest BCUT2D eigenvalue weighted by Crippen LogP contribution is 2.26. The van der Waals surface area contributed by atoms with Crippen molar-refractivity contribution < 1.29 is 5.11 Å². The van der Waals surface area contributed by atoms with Crippen molar-refractivity contribution in [2.45, 2.75) is 19.3 Å². The van der Waals surface area contributed by atoms with Crippen molar-refractivity contribution in [2.75, 3.05) is 13.1 Å². The summed E-state index contributed by atoms with van der Waals surface area (Å²) in [5.74, 6) is 1.03. The highest BCUT2D eigenvalue weighted by Gasteiger charge is 2.15. The Hall–Kier alpha value is -0.730. The van der Waals surface area contributed by atoms with Gasteiger partial charge in [-0.1, -0.05) is 17.7 Å². The van der Waals surface area contributed by atoms with Gasteiger partial charge in [-0.2, -0.15) is 0 Å². The molecule has 0 unspecified atom stereocenters. The van der Waals surface area contributed by atoms with Crippen LogP contribution in [-0.2, 0) is 6.42 Å². The van der Waals surface area contributed by atoms with Gasteiger partial charge >= 0.3 is 0 Å². The minimum absolute atomic E-state index is 0.334. The number of phenolic OH excluding ortho intramolecular Hbond substituents is 1. The Labute approximate surface area is 95.3 Å². The first kappa shape index (κ1) is 10.8. The highest BCUT2D eigenvalue weighted by atomic mass is 35.5. The number of benzene rings is 1. The third-order valence-electron chi connectivity index (χ3n) is 3.01. The van der Waals surface area contributed by atoms with Crippen LogP contribution in [0.3, 0.4) is 0 Å². The van der Waals surface area contributed by atoms with E-state index in [9.17, 15) is 5.11 Å². The molecule has 0 spiro atoms. The maximum absolute atomic E-state index is 9.72. The number of hydrogen-bond donors (Lipinski definition) is 2. The number of rotatable bonds is 2. The van der Waals surface area contributed by atoms with E-state index in [1.165, 1.54) is 12.8 Å². The molecule has 0 bridgehead atoms. The number of phenols is 1. The molecule has 2 nitrogen and oxygen atoms in total. The van der Waals surface area contributed by atoms with Gasteiger partial charge in [-0.25, -0.2) is 0 Å². The van der Waals surface area contributed by atoms with E-state index in [1.807, 2.05) is 12.1 Å². The zero-order valence-electron chi connectivity index (χ0n) is 8.67. The Morgan fingerprint density at radius 3 is 2.73 bits per heavy atom. The molecule has 3 heteroatoms. The van der Waals surface area contributed by atoms with Crippen LogP contribution in [0.25, 0.3) is 0 Å². The van der Waals surface area contributed by atoms with Crippen LogP contribution in [0.4, 0.5) is 0 Å². The van der Waals surface area contributed by atoms with Crippen LogP contribution in [0.15, 0.2) is 18.2 Å². The average molecular weight is 226 g/mol. The molecule has 0 aliphatic carbocycles. The molecule has 0 atom stereocenters. The molecule has 0 saturated carbocycles. The van der Waals surface area contributed by atoms with E-state index in [-0.39, 0.29) is 0 Å². The van der Waals surface area contributed by atoms with Gasteiger partial charge in [0.25, 0.3) is 0 Å². The fourth-order valence-electron chi connectivity index (χ4n) is 2.11. The lowest BCUT2D eigenvalue weighted by Gasteiger charge is -2.22. The Bertz CT molecular complexity index is 334. The van der Waals surface area contributed by atoms with Crippen molar-refractivity contribution in [1.82, 2.24) is 5.32 Å². The molecule has 1 aromatic carbocycles. The van der Waals surface area contributed by atoms with Gasteiger partial charge in [0.2, 0.25) is 0 Å².